The first kappa shape index (κ1) is 28.8. The highest BCUT2D eigenvalue weighted by atomic mass is 16.5. The van der Waals surface area contributed by atoms with Gasteiger partial charge in [0.05, 0.1) is 18.5 Å². The molecule has 0 radical (unpaired) electrons. The van der Waals surface area contributed by atoms with E-state index in [-0.39, 0.29) is 0 Å². The molecule has 44 heavy (non-hydrogen) atoms. The number of anilines is 6. The normalized spacial score (nSPS) is 10.8. The summed E-state index contributed by atoms with van der Waals surface area (Å²) in [5.41, 5.74) is 13.4. The summed E-state index contributed by atoms with van der Waals surface area (Å²) in [6.45, 7) is 8.49. The van der Waals surface area contributed by atoms with Gasteiger partial charge in [-0.1, -0.05) is 101 Å². The Balaban J connectivity index is 1.68. The molecular formula is C41H38N2O. The molecule has 3 heteroatoms. The molecule has 0 heterocycles. The van der Waals surface area contributed by atoms with Crippen LogP contribution in [-0.2, 0) is 0 Å². The Labute approximate surface area is 261 Å². The van der Waals surface area contributed by atoms with Gasteiger partial charge in [-0.05, 0) is 93.9 Å². The molecular weight excluding hydrogens is 536 g/mol. The number of nitrogens with zero attached hydrogens (tertiary/aromatic N) is 2. The molecule has 0 saturated carbocycles. The second-order valence-electron chi connectivity index (χ2n) is 11.4. The smallest absolute Gasteiger partial charge is 0.143 e. The molecule has 6 aromatic carbocycles. The average molecular weight is 575 g/mol. The van der Waals surface area contributed by atoms with Crippen molar-refractivity contribution >= 4 is 34.1 Å². The van der Waals surface area contributed by atoms with Crippen molar-refractivity contribution < 1.29 is 4.74 Å². The third-order valence-corrected chi connectivity index (χ3v) is 8.03. The highest BCUT2D eigenvalue weighted by molar-refractivity contribution is 5.94. The Kier molecular flexibility index (Phi) is 8.21. The summed E-state index contributed by atoms with van der Waals surface area (Å²) in [6, 6.07) is 49.9. The van der Waals surface area contributed by atoms with Crippen LogP contribution in [0.1, 0.15) is 22.3 Å². The van der Waals surface area contributed by atoms with Gasteiger partial charge in [-0.2, -0.15) is 0 Å². The Morgan fingerprint density at radius 3 is 1.14 bits per heavy atom. The van der Waals surface area contributed by atoms with E-state index in [1.807, 2.05) is 0 Å². The minimum atomic E-state index is 0.793. The number of ether oxygens (including phenoxy) is 1. The van der Waals surface area contributed by atoms with Crippen LogP contribution in [0.2, 0.25) is 0 Å². The van der Waals surface area contributed by atoms with Crippen LogP contribution >= 0.6 is 0 Å². The molecule has 6 rings (SSSR count). The lowest BCUT2D eigenvalue weighted by molar-refractivity contribution is 0.416. The number of hydrogen-bond acceptors (Lipinski definition) is 3. The van der Waals surface area contributed by atoms with E-state index in [1.54, 1.807) is 7.11 Å². The maximum Gasteiger partial charge on any atom is 0.143 e. The molecule has 0 aromatic heterocycles. The van der Waals surface area contributed by atoms with Gasteiger partial charge >= 0.3 is 0 Å². The van der Waals surface area contributed by atoms with Gasteiger partial charge in [-0.25, -0.2) is 0 Å². The molecule has 0 atom stereocenters. The van der Waals surface area contributed by atoms with Crippen molar-refractivity contribution in [2.45, 2.75) is 27.7 Å². The first-order chi connectivity index (χ1) is 21.4. The predicted molar refractivity (Wildman–Crippen MR) is 187 cm³/mol. The van der Waals surface area contributed by atoms with Crippen molar-refractivity contribution in [1.29, 1.82) is 0 Å². The molecule has 0 aliphatic carbocycles. The fourth-order valence-corrected chi connectivity index (χ4v) is 5.56. The van der Waals surface area contributed by atoms with E-state index in [2.05, 4.69) is 177 Å². The molecule has 0 N–H and O–H groups in total. The molecule has 6 aromatic rings. The van der Waals surface area contributed by atoms with Gasteiger partial charge in [-0.3, -0.25) is 0 Å². The average Bonchev–Trinajstić information content (AvgIpc) is 3.05. The molecule has 3 nitrogen and oxygen atoms in total. The van der Waals surface area contributed by atoms with Crippen LogP contribution in [0.5, 0.6) is 5.75 Å². The SMILES string of the molecule is COc1cc(-c2ccccc2)c(N(c2ccc(C)cc2)c2ccc(C)cc2)cc1N(c1ccc(C)cc1)c1ccc(C)cc1. The van der Waals surface area contributed by atoms with E-state index < -0.39 is 0 Å². The molecule has 0 amide bonds. The lowest BCUT2D eigenvalue weighted by atomic mass is 9.99. The van der Waals surface area contributed by atoms with Gasteiger partial charge in [0.15, 0.2) is 0 Å². The van der Waals surface area contributed by atoms with E-state index in [4.69, 9.17) is 4.74 Å². The molecule has 0 unspecified atom stereocenters. The van der Waals surface area contributed by atoms with Crippen molar-refractivity contribution in [2.24, 2.45) is 0 Å². The fourth-order valence-electron chi connectivity index (χ4n) is 5.56. The summed E-state index contributed by atoms with van der Waals surface area (Å²) in [4.78, 5) is 4.64. The van der Waals surface area contributed by atoms with E-state index in [0.29, 0.717) is 0 Å². The van der Waals surface area contributed by atoms with Crippen LogP contribution in [0.15, 0.2) is 140 Å². The largest absolute Gasteiger partial charge is 0.495 e. The lowest BCUT2D eigenvalue weighted by Gasteiger charge is -2.32. The van der Waals surface area contributed by atoms with Crippen molar-refractivity contribution in [3.63, 3.8) is 0 Å². The molecule has 0 aliphatic rings. The van der Waals surface area contributed by atoms with Gasteiger partial charge < -0.3 is 14.5 Å². The monoisotopic (exact) mass is 574 g/mol. The van der Waals surface area contributed by atoms with Crippen LogP contribution in [-0.4, -0.2) is 7.11 Å². The summed E-state index contributed by atoms with van der Waals surface area (Å²) >= 11 is 0. The highest BCUT2D eigenvalue weighted by Gasteiger charge is 2.24. The lowest BCUT2D eigenvalue weighted by Crippen LogP contribution is -2.15. The van der Waals surface area contributed by atoms with Crippen molar-refractivity contribution in [2.75, 3.05) is 16.9 Å². The number of hydrogen-bond donors (Lipinski definition) is 0. The molecule has 0 aliphatic heterocycles. The second kappa shape index (κ2) is 12.5. The fraction of sp³-hybridized carbons (Fsp3) is 0.122. The zero-order valence-electron chi connectivity index (χ0n) is 26.1. The van der Waals surface area contributed by atoms with Crippen LogP contribution in [0.3, 0.4) is 0 Å². The minimum absolute atomic E-state index is 0.793. The molecule has 218 valence electrons. The minimum Gasteiger partial charge on any atom is -0.495 e. The molecule has 0 fully saturated rings. The van der Waals surface area contributed by atoms with E-state index in [9.17, 15) is 0 Å². The molecule has 0 saturated heterocycles. The summed E-state index contributed by atoms with van der Waals surface area (Å²) in [5, 5.41) is 0. The summed E-state index contributed by atoms with van der Waals surface area (Å²) < 4.78 is 6.20. The van der Waals surface area contributed by atoms with Crippen molar-refractivity contribution in [1.82, 2.24) is 0 Å². The van der Waals surface area contributed by atoms with E-state index in [1.165, 1.54) is 22.3 Å². The summed E-state index contributed by atoms with van der Waals surface area (Å²) in [6.07, 6.45) is 0. The van der Waals surface area contributed by atoms with Crippen LogP contribution in [0, 0.1) is 27.7 Å². The number of rotatable bonds is 8. The van der Waals surface area contributed by atoms with Crippen molar-refractivity contribution in [3.8, 4) is 16.9 Å². The summed E-state index contributed by atoms with van der Waals surface area (Å²) in [5.74, 6) is 0.793. The Hall–Kier alpha value is -5.28. The van der Waals surface area contributed by atoms with Gasteiger partial charge in [-0.15, -0.1) is 0 Å². The van der Waals surface area contributed by atoms with Gasteiger partial charge in [0, 0.05) is 28.3 Å². The van der Waals surface area contributed by atoms with Crippen LogP contribution in [0.4, 0.5) is 34.1 Å². The second-order valence-corrected chi connectivity index (χ2v) is 11.4. The maximum atomic E-state index is 6.20. The quantitative estimate of drug-likeness (QED) is 0.180. The molecule has 0 spiro atoms. The third-order valence-electron chi connectivity index (χ3n) is 8.03. The number of benzene rings is 6. The van der Waals surface area contributed by atoms with Gasteiger partial charge in [0.2, 0.25) is 0 Å². The van der Waals surface area contributed by atoms with E-state index in [0.717, 1.165) is 51.0 Å². The van der Waals surface area contributed by atoms with Gasteiger partial charge in [0.25, 0.3) is 0 Å². The van der Waals surface area contributed by atoms with E-state index >= 15 is 0 Å². The Morgan fingerprint density at radius 2 is 0.773 bits per heavy atom. The molecule has 0 bridgehead atoms. The third kappa shape index (κ3) is 5.95. The standard InChI is InChI=1S/C41H38N2O/c1-29-11-19-34(20-12-29)42(35-21-13-30(2)14-22-35)39-28-40(41(44-5)27-38(39)33-9-7-6-8-10-33)43(36-23-15-31(3)16-24-36)37-25-17-32(4)18-26-37/h6-28H,1-5H3. The zero-order chi connectivity index (χ0) is 30.6. The van der Waals surface area contributed by atoms with Gasteiger partial charge in [0.1, 0.15) is 5.75 Å². The number of aryl methyl sites for hydroxylation is 4. The summed E-state index contributed by atoms with van der Waals surface area (Å²) in [7, 11) is 1.76. The first-order valence-corrected chi connectivity index (χ1v) is 15.1. The van der Waals surface area contributed by atoms with Crippen molar-refractivity contribution in [3.05, 3.63) is 162 Å². The highest BCUT2D eigenvalue weighted by Crippen LogP contribution is 2.49. The van der Waals surface area contributed by atoms with Crippen LogP contribution < -0.4 is 14.5 Å². The maximum absolute atomic E-state index is 6.20. The number of methoxy groups -OCH3 is 1. The van der Waals surface area contributed by atoms with Crippen LogP contribution in [0.25, 0.3) is 11.1 Å². The predicted octanol–water partition coefficient (Wildman–Crippen LogP) is 11.5. The Morgan fingerprint density at radius 1 is 0.409 bits per heavy atom. The zero-order valence-corrected chi connectivity index (χ0v) is 26.1. The topological polar surface area (TPSA) is 15.7 Å². The Bertz CT molecular complexity index is 1750. The first-order valence-electron chi connectivity index (χ1n) is 15.1.